The molecule has 0 aliphatic rings. The van der Waals surface area contributed by atoms with E-state index < -0.39 is 47.2 Å². The first-order valence-corrected chi connectivity index (χ1v) is 4.85. The number of esters is 1. The maximum atomic E-state index is 12.7. The Morgan fingerprint density at radius 3 is 2.42 bits per heavy atom. The van der Waals surface area contributed by atoms with Gasteiger partial charge in [0.2, 0.25) is 5.43 Å². The number of rotatable bonds is 3. The summed E-state index contributed by atoms with van der Waals surface area (Å²) in [7, 11) is 0.946. The molecule has 0 bridgehead atoms. The van der Waals surface area contributed by atoms with Crippen LogP contribution in [0.15, 0.2) is 11.0 Å². The zero-order valence-corrected chi connectivity index (χ0v) is 9.48. The van der Waals surface area contributed by atoms with Gasteiger partial charge in [-0.25, -0.2) is 8.78 Å². The molecule has 4 nitrogen and oxygen atoms in total. The maximum absolute atomic E-state index is 12.7. The number of hydrogen-bond donors (Lipinski definition) is 1. The molecular weight excluding hydrogens is 277 g/mol. The van der Waals surface area contributed by atoms with Gasteiger partial charge in [0.1, 0.15) is 5.56 Å². The third-order valence-electron chi connectivity index (χ3n) is 2.26. The number of methoxy groups -OCH3 is 1. The van der Waals surface area contributed by atoms with E-state index in [0.29, 0.717) is 6.20 Å². The minimum atomic E-state index is -5.15. The van der Waals surface area contributed by atoms with Crippen LogP contribution in [0.4, 0.5) is 22.0 Å². The zero-order valence-electron chi connectivity index (χ0n) is 9.48. The first-order chi connectivity index (χ1) is 8.68. The third kappa shape index (κ3) is 3.30. The van der Waals surface area contributed by atoms with Crippen LogP contribution in [0.2, 0.25) is 0 Å². The lowest BCUT2D eigenvalue weighted by Gasteiger charge is -2.12. The predicted molar refractivity (Wildman–Crippen MR) is 52.7 cm³/mol. The van der Waals surface area contributed by atoms with Crippen LogP contribution in [0.3, 0.4) is 0 Å². The van der Waals surface area contributed by atoms with Gasteiger partial charge in [0.05, 0.1) is 19.1 Å². The number of ether oxygens (including phenoxy) is 1. The lowest BCUT2D eigenvalue weighted by atomic mass is 10.1. The summed E-state index contributed by atoms with van der Waals surface area (Å²) in [5.74, 6) is -1.04. The SMILES string of the molecule is COC(=O)Cc1[nH]cc(C(F)F)c(=O)c1C(F)(F)F. The van der Waals surface area contributed by atoms with Gasteiger partial charge in [-0.1, -0.05) is 0 Å². The topological polar surface area (TPSA) is 59.2 Å². The Morgan fingerprint density at radius 1 is 1.42 bits per heavy atom. The highest BCUT2D eigenvalue weighted by atomic mass is 19.4. The molecule has 1 aromatic heterocycles. The molecule has 0 amide bonds. The summed E-state index contributed by atoms with van der Waals surface area (Å²) in [6.07, 6.45) is -8.91. The Labute approximate surface area is 103 Å². The van der Waals surface area contributed by atoms with E-state index in [-0.39, 0.29) is 0 Å². The number of H-pyrrole nitrogens is 1. The van der Waals surface area contributed by atoms with Gasteiger partial charge >= 0.3 is 12.1 Å². The fourth-order valence-corrected chi connectivity index (χ4v) is 1.40. The Bertz CT molecular complexity index is 535. The van der Waals surface area contributed by atoms with Crippen molar-refractivity contribution in [3.8, 4) is 0 Å². The monoisotopic (exact) mass is 285 g/mol. The summed E-state index contributed by atoms with van der Waals surface area (Å²) in [5, 5.41) is 0. The molecule has 0 aliphatic heterocycles. The third-order valence-corrected chi connectivity index (χ3v) is 2.26. The molecule has 106 valence electrons. The zero-order chi connectivity index (χ0) is 14.8. The molecule has 0 aliphatic carbocycles. The summed E-state index contributed by atoms with van der Waals surface area (Å²) < 4.78 is 67.0. The molecule has 1 heterocycles. The van der Waals surface area contributed by atoms with E-state index in [1.165, 1.54) is 0 Å². The van der Waals surface area contributed by atoms with E-state index in [4.69, 9.17) is 0 Å². The van der Waals surface area contributed by atoms with E-state index in [0.717, 1.165) is 7.11 Å². The number of pyridine rings is 1. The van der Waals surface area contributed by atoms with Crippen LogP contribution in [-0.2, 0) is 22.1 Å². The average Bonchev–Trinajstić information content (AvgIpc) is 2.26. The fourth-order valence-electron chi connectivity index (χ4n) is 1.40. The summed E-state index contributed by atoms with van der Waals surface area (Å²) in [6, 6.07) is 0. The maximum Gasteiger partial charge on any atom is 0.421 e. The Morgan fingerprint density at radius 2 is 2.00 bits per heavy atom. The van der Waals surface area contributed by atoms with E-state index in [2.05, 4.69) is 4.74 Å². The highest BCUT2D eigenvalue weighted by Crippen LogP contribution is 2.30. The summed E-state index contributed by atoms with van der Waals surface area (Å²) in [4.78, 5) is 24.2. The van der Waals surface area contributed by atoms with E-state index in [1.54, 1.807) is 0 Å². The number of carbonyl (C=O) groups is 1. The average molecular weight is 285 g/mol. The van der Waals surface area contributed by atoms with Crippen LogP contribution in [-0.4, -0.2) is 18.1 Å². The quantitative estimate of drug-likeness (QED) is 0.683. The molecule has 0 saturated carbocycles. The van der Waals surface area contributed by atoms with Crippen LogP contribution >= 0.6 is 0 Å². The largest absolute Gasteiger partial charge is 0.469 e. The Balaban J connectivity index is 3.45. The van der Waals surface area contributed by atoms with Gasteiger partial charge < -0.3 is 9.72 Å². The summed E-state index contributed by atoms with van der Waals surface area (Å²) in [6.45, 7) is 0. The normalized spacial score (nSPS) is 11.7. The van der Waals surface area contributed by atoms with Gasteiger partial charge in [-0.15, -0.1) is 0 Å². The number of hydrogen-bond acceptors (Lipinski definition) is 3. The van der Waals surface area contributed by atoms with Gasteiger partial charge in [-0.05, 0) is 0 Å². The van der Waals surface area contributed by atoms with Gasteiger partial charge in [0.25, 0.3) is 6.43 Å². The van der Waals surface area contributed by atoms with Gasteiger partial charge in [-0.3, -0.25) is 9.59 Å². The van der Waals surface area contributed by atoms with Crippen molar-refractivity contribution < 1.29 is 31.5 Å². The number of aromatic amines is 1. The molecule has 0 aromatic carbocycles. The predicted octanol–water partition coefficient (Wildman–Crippen LogP) is 2.05. The number of aromatic nitrogens is 1. The molecule has 0 atom stereocenters. The summed E-state index contributed by atoms with van der Waals surface area (Å²) >= 11 is 0. The lowest BCUT2D eigenvalue weighted by Crippen LogP contribution is -2.27. The second kappa shape index (κ2) is 5.37. The first-order valence-electron chi connectivity index (χ1n) is 4.85. The second-order valence-corrected chi connectivity index (χ2v) is 3.48. The van der Waals surface area contributed by atoms with Crippen molar-refractivity contribution in [3.05, 3.63) is 33.2 Å². The highest BCUT2D eigenvalue weighted by Gasteiger charge is 2.39. The van der Waals surface area contributed by atoms with Gasteiger partial charge in [-0.2, -0.15) is 13.2 Å². The number of alkyl halides is 5. The van der Waals surface area contributed by atoms with E-state index in [9.17, 15) is 31.5 Å². The molecule has 1 rings (SSSR count). The molecule has 0 radical (unpaired) electrons. The molecule has 0 spiro atoms. The molecule has 1 aromatic rings. The standard InChI is InChI=1S/C10H8F5NO3/c1-19-6(17)2-5-7(10(13,14)15)8(18)4(3-16-5)9(11)12/h3,9H,2H2,1H3,(H,16,18). The Hall–Kier alpha value is -1.93. The first kappa shape index (κ1) is 15.1. The van der Waals surface area contributed by atoms with Crippen LogP contribution in [0.5, 0.6) is 0 Å². The van der Waals surface area contributed by atoms with Crippen molar-refractivity contribution in [1.29, 1.82) is 0 Å². The van der Waals surface area contributed by atoms with Crippen molar-refractivity contribution in [2.24, 2.45) is 0 Å². The van der Waals surface area contributed by atoms with Crippen molar-refractivity contribution in [2.45, 2.75) is 19.0 Å². The lowest BCUT2D eigenvalue weighted by molar-refractivity contribution is -0.142. The highest BCUT2D eigenvalue weighted by molar-refractivity contribution is 5.72. The molecule has 0 saturated heterocycles. The molecule has 19 heavy (non-hydrogen) atoms. The van der Waals surface area contributed by atoms with Crippen LogP contribution < -0.4 is 5.43 Å². The van der Waals surface area contributed by atoms with Crippen molar-refractivity contribution in [1.82, 2.24) is 4.98 Å². The van der Waals surface area contributed by atoms with E-state index in [1.807, 2.05) is 4.98 Å². The minimum absolute atomic E-state index is 0.459. The molecule has 9 heteroatoms. The van der Waals surface area contributed by atoms with E-state index >= 15 is 0 Å². The van der Waals surface area contributed by atoms with Gasteiger partial charge in [0.15, 0.2) is 0 Å². The molecule has 1 N–H and O–H groups in total. The van der Waals surface area contributed by atoms with Crippen molar-refractivity contribution in [3.63, 3.8) is 0 Å². The smallest absolute Gasteiger partial charge is 0.421 e. The van der Waals surface area contributed by atoms with Crippen molar-refractivity contribution >= 4 is 5.97 Å². The fraction of sp³-hybridized carbons (Fsp3) is 0.400. The van der Waals surface area contributed by atoms with Crippen LogP contribution in [0, 0.1) is 0 Å². The molecule has 0 unspecified atom stereocenters. The minimum Gasteiger partial charge on any atom is -0.469 e. The Kier molecular flexibility index (Phi) is 4.28. The number of nitrogens with one attached hydrogen (secondary N) is 1. The number of halogens is 5. The molecule has 0 fully saturated rings. The number of carbonyl (C=O) groups excluding carboxylic acids is 1. The van der Waals surface area contributed by atoms with Crippen molar-refractivity contribution in [2.75, 3.05) is 7.11 Å². The second-order valence-electron chi connectivity index (χ2n) is 3.48. The summed E-state index contributed by atoms with van der Waals surface area (Å²) in [5.41, 5.74) is -5.77. The molecular formula is C10H8F5NO3. The van der Waals surface area contributed by atoms with Crippen LogP contribution in [0.1, 0.15) is 23.2 Å². The van der Waals surface area contributed by atoms with Gasteiger partial charge in [0, 0.05) is 11.9 Å². The van der Waals surface area contributed by atoms with Crippen LogP contribution in [0.25, 0.3) is 0 Å².